The largest absolute Gasteiger partial charge is 0.480 e. The van der Waals surface area contributed by atoms with E-state index in [0.29, 0.717) is 85.5 Å². The van der Waals surface area contributed by atoms with E-state index < -0.39 is 121 Å². The fourth-order valence-corrected chi connectivity index (χ4v) is 17.2. The van der Waals surface area contributed by atoms with Crippen molar-refractivity contribution < 1.29 is 79.2 Å². The molecule has 29 nitrogen and oxygen atoms in total. The Bertz CT molecular complexity index is 4080. The van der Waals surface area contributed by atoms with Gasteiger partial charge in [0.2, 0.25) is 29.5 Å². The van der Waals surface area contributed by atoms with Crippen LogP contribution in [-0.4, -0.2) is 170 Å². The van der Waals surface area contributed by atoms with Crippen molar-refractivity contribution in [3.8, 4) is 11.8 Å². The van der Waals surface area contributed by atoms with Crippen LogP contribution < -0.4 is 56.1 Å². The molecule has 33 heteroatoms. The van der Waals surface area contributed by atoms with Crippen molar-refractivity contribution in [1.29, 1.82) is 0 Å². The number of hydrogen-bond donors (Lipinski definition) is 10. The zero-order valence-corrected chi connectivity index (χ0v) is 63.5. The first-order chi connectivity index (χ1) is 51.9. The van der Waals surface area contributed by atoms with E-state index in [4.69, 9.17) is 42.1 Å². The summed E-state index contributed by atoms with van der Waals surface area (Å²) in [6.07, 6.45) is 20.2. The minimum Gasteiger partial charge on any atom is -0.480 e. The number of carboxylic acids is 1. The minimum absolute atomic E-state index is 0.0146. The summed E-state index contributed by atoms with van der Waals surface area (Å²) in [5, 5.41) is 30.7. The van der Waals surface area contributed by atoms with Crippen LogP contribution in [0.15, 0.2) is 120 Å². The van der Waals surface area contributed by atoms with Crippen LogP contribution in [0.5, 0.6) is 11.8 Å². The lowest BCUT2D eigenvalue weighted by Crippen LogP contribution is -2.58. The van der Waals surface area contributed by atoms with Gasteiger partial charge in [0.15, 0.2) is 0 Å². The quantitative estimate of drug-likeness (QED) is 0.0218. The molecule has 2 saturated heterocycles. The summed E-state index contributed by atoms with van der Waals surface area (Å²) in [7, 11) is -8.70. The topological polar surface area (TPSA) is 399 Å². The number of benzene rings is 2. The molecule has 7 amide bonds. The normalized spacial score (nSPS) is 25.6. The molecule has 0 unspecified atom stereocenters. The summed E-state index contributed by atoms with van der Waals surface area (Å²) >= 11 is 11.9. The molecule has 108 heavy (non-hydrogen) atoms. The third kappa shape index (κ3) is 22.2. The van der Waals surface area contributed by atoms with Crippen molar-refractivity contribution in [3.05, 3.63) is 121 Å². The lowest BCUT2D eigenvalue weighted by Gasteiger charge is -2.30. The minimum atomic E-state index is -4.37. The predicted octanol–water partition coefficient (Wildman–Crippen LogP) is 9.13. The SMILES string of the molecule is C=C[C@@H]1C[C@@]12NC(=O)[C@@H]1C[C@@H](Oc3ccc(Cl)cn3)CN1C(=O)[C@@H](NC(=O)OC1CCCC1)CCCCCCCCNc1ccccc1S(=O)(=O)NC2=O.C=C[C@@H]1C[C@]1(NC(=O)[C@@H]1C[C@@H](Oc2ccc(Cl)cn2)CN1)C(=O)NS(=O)(=O)c1ccccc1NCCCCCCC[C@H](NC(=O)OC1CCCC1)C(=O)O. The molecular formula is C75H98Cl2N12O17S2. The molecule has 0 bridgehead atoms. The average molecular weight is 1570 g/mol. The highest BCUT2D eigenvalue weighted by Gasteiger charge is 2.63. The molecule has 4 aromatic rings. The van der Waals surface area contributed by atoms with E-state index in [1.165, 1.54) is 41.6 Å². The number of pyridine rings is 2. The van der Waals surface area contributed by atoms with Gasteiger partial charge in [-0.2, -0.15) is 0 Å². The van der Waals surface area contributed by atoms with Crippen LogP contribution in [0, 0.1) is 11.8 Å². The summed E-state index contributed by atoms with van der Waals surface area (Å²) in [5.74, 6) is -4.89. The molecule has 11 rings (SSSR count). The lowest BCUT2D eigenvalue weighted by atomic mass is 10.0. The number of alkyl carbamates (subject to hydrolysis) is 2. The molecule has 1 spiro atoms. The molecule has 4 aliphatic carbocycles. The average Bonchev–Trinajstić information content (AvgIpc) is 1.58. The van der Waals surface area contributed by atoms with E-state index in [1.807, 2.05) is 0 Å². The fraction of sp³-hybridized carbons (Fsp3) is 0.547. The summed E-state index contributed by atoms with van der Waals surface area (Å²) in [4.78, 5) is 116. The number of ether oxygens (including phenoxy) is 4. The van der Waals surface area contributed by atoms with Crippen molar-refractivity contribution in [3.63, 3.8) is 0 Å². The van der Waals surface area contributed by atoms with E-state index in [2.05, 4.69) is 69.8 Å². The van der Waals surface area contributed by atoms with Gasteiger partial charge in [-0.3, -0.25) is 24.0 Å². The van der Waals surface area contributed by atoms with E-state index >= 15 is 0 Å². The van der Waals surface area contributed by atoms with Crippen molar-refractivity contribution in [1.82, 2.24) is 50.9 Å². The lowest BCUT2D eigenvalue weighted by molar-refractivity contribution is -0.141. The smallest absolute Gasteiger partial charge is 0.408 e. The van der Waals surface area contributed by atoms with E-state index in [9.17, 15) is 60.3 Å². The number of amides is 7. The maximum atomic E-state index is 14.5. The van der Waals surface area contributed by atoms with Gasteiger partial charge in [-0.15, -0.1) is 13.2 Å². The highest BCUT2D eigenvalue weighted by atomic mass is 35.5. The Morgan fingerprint density at radius 2 is 1.32 bits per heavy atom. The third-order valence-corrected chi connectivity index (χ3v) is 23.9. The zero-order valence-electron chi connectivity index (χ0n) is 60.3. The zero-order chi connectivity index (χ0) is 77.0. The van der Waals surface area contributed by atoms with Crippen molar-refractivity contribution >= 4 is 102 Å². The molecule has 586 valence electrons. The summed E-state index contributed by atoms with van der Waals surface area (Å²) in [6, 6.07) is 15.3. The van der Waals surface area contributed by atoms with Gasteiger partial charge < -0.3 is 66.2 Å². The number of carbonyl (C=O) groups excluding carboxylic acids is 7. The molecule has 4 saturated carbocycles. The maximum absolute atomic E-state index is 14.5. The molecule has 10 N–H and O–H groups in total. The van der Waals surface area contributed by atoms with Crippen LogP contribution in [0.1, 0.15) is 161 Å². The number of unbranched alkanes of at least 4 members (excludes halogenated alkanes) is 4. The Kier molecular flexibility index (Phi) is 28.8. The number of para-hydroxylation sites is 2. The maximum Gasteiger partial charge on any atom is 0.408 e. The van der Waals surface area contributed by atoms with E-state index in [-0.39, 0.29) is 59.8 Å². The molecule has 3 aliphatic heterocycles. The molecule has 2 aromatic carbocycles. The van der Waals surface area contributed by atoms with Crippen LogP contribution in [0.2, 0.25) is 10.0 Å². The standard InChI is InChI=1S/C38H49ClN6O8S.C37H49ClN6O9S/c1-2-25-22-38(25)36(48)44-54(50,51)32-17-11-10-15-29(32)40-20-12-6-4-3-5-7-16-30(42-37(49)53-27-13-8-9-14-27)35(47)45-24-28(21-31(45)34(46)43-38)52-33-19-18-26(39)23-41-33;1-2-24-21-37(24,43-33(45)30-20-27(23-40-30)52-32-18-17-25(38)22-41-32)35(48)44-54(50,51)31-16-10-9-14-28(31)39-19-11-5-3-4-6-15-29(34(46)47)42-36(49)53-26-12-7-8-13-26/h2,10-11,15,17-19,23,25,27-28,30-31,40H,1,3-9,12-14,16,20-22,24H2,(H,42,49)(H,43,46)(H,44,48);2,9-10,14,16-18,22,24,26-27,29-30,39-40H,1,3-8,11-13,15,19-21,23H2,(H,42,49)(H,43,45)(H,44,48)(H,46,47)/t25-,28-,30+,31+,38-;24-,27-,29+,30+,37-/m11/s1. The number of aromatic nitrogens is 2. The van der Waals surface area contributed by atoms with Gasteiger partial charge in [0.05, 0.1) is 34.0 Å². The molecule has 10 atom stereocenters. The van der Waals surface area contributed by atoms with Crippen molar-refractivity contribution in [2.75, 3.05) is 36.8 Å². The second-order valence-electron chi connectivity index (χ2n) is 28.6. The Hall–Kier alpha value is -8.78. The number of carboxylic acid groups (broad SMARTS) is 1. The third-order valence-electron chi connectivity index (χ3n) is 20.7. The molecule has 6 fully saturated rings. The van der Waals surface area contributed by atoms with Crippen molar-refractivity contribution in [2.45, 2.75) is 230 Å². The van der Waals surface area contributed by atoms with Gasteiger partial charge in [-0.25, -0.2) is 50.6 Å². The summed E-state index contributed by atoms with van der Waals surface area (Å²) in [5.41, 5.74) is -2.40. The Morgan fingerprint density at radius 1 is 0.713 bits per heavy atom. The Morgan fingerprint density at radius 3 is 1.97 bits per heavy atom. The van der Waals surface area contributed by atoms with Gasteiger partial charge in [0.25, 0.3) is 31.9 Å². The van der Waals surface area contributed by atoms with Crippen LogP contribution in [0.25, 0.3) is 0 Å². The van der Waals surface area contributed by atoms with Crippen molar-refractivity contribution in [2.24, 2.45) is 11.8 Å². The van der Waals surface area contributed by atoms with E-state index in [0.717, 1.165) is 103 Å². The van der Waals surface area contributed by atoms with Gasteiger partial charge in [-0.1, -0.05) is 117 Å². The monoisotopic (exact) mass is 1570 g/mol. The first-order valence-electron chi connectivity index (χ1n) is 37.4. The van der Waals surface area contributed by atoms with Crippen LogP contribution in [0.3, 0.4) is 0 Å². The highest BCUT2D eigenvalue weighted by Crippen LogP contribution is 2.47. The number of nitrogens with one attached hydrogen (secondary N) is 9. The van der Waals surface area contributed by atoms with Gasteiger partial charge >= 0.3 is 18.2 Å². The number of rotatable bonds is 25. The second-order valence-corrected chi connectivity index (χ2v) is 32.8. The van der Waals surface area contributed by atoms with Gasteiger partial charge in [0, 0.05) is 68.8 Å². The number of sulfonamides is 2. The number of anilines is 2. The number of fused-ring (bicyclic) bond motifs is 2. The number of nitrogens with zero attached hydrogens (tertiary/aromatic N) is 3. The van der Waals surface area contributed by atoms with Crippen LogP contribution >= 0.6 is 23.2 Å². The number of halogens is 2. The van der Waals surface area contributed by atoms with Crippen LogP contribution in [-0.2, 0) is 58.3 Å². The summed E-state index contributed by atoms with van der Waals surface area (Å²) < 4.78 is 81.7. The first kappa shape index (κ1) is 81.7. The highest BCUT2D eigenvalue weighted by molar-refractivity contribution is 7.90. The Balaban J connectivity index is 0.000000230. The summed E-state index contributed by atoms with van der Waals surface area (Å²) in [6.45, 7) is 8.90. The van der Waals surface area contributed by atoms with E-state index in [1.54, 1.807) is 60.7 Å². The van der Waals surface area contributed by atoms with Crippen LogP contribution in [0.4, 0.5) is 21.0 Å². The first-order valence-corrected chi connectivity index (χ1v) is 41.1. The molecule has 7 aliphatic rings. The number of carbonyl (C=O) groups is 8. The molecule has 5 heterocycles. The Labute approximate surface area is 639 Å². The predicted molar refractivity (Wildman–Crippen MR) is 402 cm³/mol. The number of hydrogen-bond acceptors (Lipinski definition) is 21. The molecule has 2 aromatic heterocycles. The van der Waals surface area contributed by atoms with Gasteiger partial charge in [-0.05, 0) is 126 Å². The molecule has 0 radical (unpaired) electrons. The fourth-order valence-electron chi connectivity index (χ4n) is 14.5. The second kappa shape index (κ2) is 38.0. The number of aliphatic carboxylic acids is 1. The molecular weight excluding hydrogens is 1480 g/mol. The van der Waals surface area contributed by atoms with Gasteiger partial charge in [0.1, 0.15) is 63.4 Å².